The molecule has 0 heterocycles. The molecule has 0 aromatic heterocycles. The van der Waals surface area contributed by atoms with Crippen LogP contribution in [0.5, 0.6) is 0 Å². The summed E-state index contributed by atoms with van der Waals surface area (Å²) in [5.74, 6) is 0.607. The summed E-state index contributed by atoms with van der Waals surface area (Å²) in [6.07, 6.45) is 1.47. The van der Waals surface area contributed by atoms with E-state index in [1.165, 1.54) is 0 Å². The lowest BCUT2D eigenvalue weighted by Crippen LogP contribution is -2.13. The van der Waals surface area contributed by atoms with E-state index in [9.17, 15) is 4.79 Å². The van der Waals surface area contributed by atoms with Gasteiger partial charge in [0.25, 0.3) is 0 Å². The number of rotatable bonds is 4. The Morgan fingerprint density at radius 2 is 2.06 bits per heavy atom. The quantitative estimate of drug-likeness (QED) is 0.812. The first kappa shape index (κ1) is 15.8. The summed E-state index contributed by atoms with van der Waals surface area (Å²) in [6.45, 7) is 6.18. The molecule has 1 amide bonds. The minimum absolute atomic E-state index is 0. The third-order valence-corrected chi connectivity index (χ3v) is 2.48. The zero-order chi connectivity index (χ0) is 12.1. The minimum atomic E-state index is 0. The Balaban J connectivity index is 0.00000256. The second kappa shape index (κ2) is 7.17. The fraction of sp³-hybridized carbons (Fsp3) is 0.462. The number of hydrogen-bond acceptors (Lipinski definition) is 2. The van der Waals surface area contributed by atoms with E-state index in [-0.39, 0.29) is 18.3 Å². The van der Waals surface area contributed by atoms with Crippen molar-refractivity contribution in [2.45, 2.75) is 33.6 Å². The van der Waals surface area contributed by atoms with Crippen molar-refractivity contribution in [1.82, 2.24) is 0 Å². The Kier molecular flexibility index (Phi) is 6.66. The average Bonchev–Trinajstić information content (AvgIpc) is 2.20. The summed E-state index contributed by atoms with van der Waals surface area (Å²) < 4.78 is 0. The lowest BCUT2D eigenvalue weighted by molar-refractivity contribution is -0.116. The van der Waals surface area contributed by atoms with E-state index in [1.54, 1.807) is 6.07 Å². The molecule has 0 radical (unpaired) electrons. The lowest BCUT2D eigenvalue weighted by Gasteiger charge is -2.10. The van der Waals surface area contributed by atoms with Crippen LogP contribution < -0.4 is 11.1 Å². The molecule has 96 valence electrons. The molecular formula is C13H21ClN2O. The van der Waals surface area contributed by atoms with Gasteiger partial charge in [-0.1, -0.05) is 19.9 Å². The van der Waals surface area contributed by atoms with Crippen molar-refractivity contribution in [2.24, 2.45) is 5.92 Å². The molecule has 0 spiro atoms. The molecular weight excluding hydrogens is 236 g/mol. The summed E-state index contributed by atoms with van der Waals surface area (Å²) in [4.78, 5) is 11.6. The maximum absolute atomic E-state index is 11.6. The first-order valence-corrected chi connectivity index (χ1v) is 5.65. The fourth-order valence-corrected chi connectivity index (χ4v) is 1.41. The van der Waals surface area contributed by atoms with Crippen molar-refractivity contribution in [3.8, 4) is 0 Å². The number of amides is 1. The molecule has 17 heavy (non-hydrogen) atoms. The Morgan fingerprint density at radius 1 is 1.41 bits per heavy atom. The number of nitrogen functional groups attached to an aromatic ring is 1. The molecule has 3 nitrogen and oxygen atoms in total. The van der Waals surface area contributed by atoms with Gasteiger partial charge in [-0.05, 0) is 37.0 Å². The number of nitrogens with one attached hydrogen (secondary N) is 1. The Morgan fingerprint density at radius 3 is 2.65 bits per heavy atom. The van der Waals surface area contributed by atoms with Gasteiger partial charge in [-0.15, -0.1) is 12.4 Å². The molecule has 0 saturated carbocycles. The standard InChI is InChI=1S/C13H20N2O.ClH/c1-9(2)4-7-13(16)15-12-8-11(14)6-5-10(12)3;/h5-6,8-9H,4,7,14H2,1-3H3,(H,15,16);1H. The van der Waals surface area contributed by atoms with E-state index in [1.807, 2.05) is 19.1 Å². The van der Waals surface area contributed by atoms with E-state index in [2.05, 4.69) is 19.2 Å². The Labute approximate surface area is 109 Å². The van der Waals surface area contributed by atoms with Crippen LogP contribution in [0.15, 0.2) is 18.2 Å². The second-order valence-electron chi connectivity index (χ2n) is 4.56. The number of carbonyl (C=O) groups excluding carboxylic acids is 1. The van der Waals surface area contributed by atoms with Crippen LogP contribution in [0.3, 0.4) is 0 Å². The highest BCUT2D eigenvalue weighted by molar-refractivity contribution is 5.92. The third-order valence-electron chi connectivity index (χ3n) is 2.48. The van der Waals surface area contributed by atoms with Crippen LogP contribution in [0.1, 0.15) is 32.3 Å². The molecule has 0 fully saturated rings. The van der Waals surface area contributed by atoms with Gasteiger partial charge in [-0.2, -0.15) is 0 Å². The first-order valence-electron chi connectivity index (χ1n) is 5.65. The zero-order valence-corrected chi connectivity index (χ0v) is 11.4. The van der Waals surface area contributed by atoms with Crippen LogP contribution in [-0.4, -0.2) is 5.91 Å². The van der Waals surface area contributed by atoms with Gasteiger partial charge in [0.2, 0.25) is 5.91 Å². The van der Waals surface area contributed by atoms with Crippen molar-refractivity contribution in [2.75, 3.05) is 11.1 Å². The van der Waals surface area contributed by atoms with E-state index in [0.717, 1.165) is 17.7 Å². The van der Waals surface area contributed by atoms with Crippen molar-refractivity contribution >= 4 is 29.7 Å². The summed E-state index contributed by atoms with van der Waals surface area (Å²) in [5, 5.41) is 2.89. The number of anilines is 2. The third kappa shape index (κ3) is 5.59. The van der Waals surface area contributed by atoms with Crippen LogP contribution in [0.4, 0.5) is 11.4 Å². The number of halogens is 1. The van der Waals surface area contributed by atoms with Crippen LogP contribution in [0.2, 0.25) is 0 Å². The molecule has 0 bridgehead atoms. The first-order chi connectivity index (χ1) is 7.49. The highest BCUT2D eigenvalue weighted by Crippen LogP contribution is 2.18. The molecule has 4 heteroatoms. The van der Waals surface area contributed by atoms with Gasteiger partial charge in [0.05, 0.1) is 0 Å². The highest BCUT2D eigenvalue weighted by atomic mass is 35.5. The predicted molar refractivity (Wildman–Crippen MR) is 75.5 cm³/mol. The number of nitrogens with two attached hydrogens (primary N) is 1. The van der Waals surface area contributed by atoms with E-state index in [4.69, 9.17) is 5.73 Å². The van der Waals surface area contributed by atoms with Crippen LogP contribution in [0.25, 0.3) is 0 Å². The number of hydrogen-bond donors (Lipinski definition) is 2. The normalized spacial score (nSPS) is 9.88. The SMILES string of the molecule is Cc1ccc(N)cc1NC(=O)CCC(C)C.Cl. The van der Waals surface area contributed by atoms with Gasteiger partial charge in [0.15, 0.2) is 0 Å². The fourth-order valence-electron chi connectivity index (χ4n) is 1.41. The van der Waals surface area contributed by atoms with Gasteiger partial charge in [-0.3, -0.25) is 4.79 Å². The van der Waals surface area contributed by atoms with Gasteiger partial charge in [0, 0.05) is 17.8 Å². The van der Waals surface area contributed by atoms with Crippen LogP contribution >= 0.6 is 12.4 Å². The molecule has 0 atom stereocenters. The molecule has 0 aliphatic heterocycles. The number of benzene rings is 1. The molecule has 1 rings (SSSR count). The topological polar surface area (TPSA) is 55.1 Å². The predicted octanol–water partition coefficient (Wildman–Crippen LogP) is 3.37. The van der Waals surface area contributed by atoms with Gasteiger partial charge in [-0.25, -0.2) is 0 Å². The minimum Gasteiger partial charge on any atom is -0.399 e. The highest BCUT2D eigenvalue weighted by Gasteiger charge is 2.06. The van der Waals surface area contributed by atoms with Crippen LogP contribution in [-0.2, 0) is 4.79 Å². The Hall–Kier alpha value is -1.22. The molecule has 0 saturated heterocycles. The number of aryl methyl sites for hydroxylation is 1. The number of carbonyl (C=O) groups is 1. The summed E-state index contributed by atoms with van der Waals surface area (Å²) in [5.41, 5.74) is 8.19. The summed E-state index contributed by atoms with van der Waals surface area (Å²) in [7, 11) is 0. The summed E-state index contributed by atoms with van der Waals surface area (Å²) >= 11 is 0. The molecule has 3 N–H and O–H groups in total. The Bertz CT molecular complexity index is 378. The van der Waals surface area contributed by atoms with Gasteiger partial charge < -0.3 is 11.1 Å². The van der Waals surface area contributed by atoms with Crippen molar-refractivity contribution in [3.63, 3.8) is 0 Å². The molecule has 0 unspecified atom stereocenters. The summed E-state index contributed by atoms with van der Waals surface area (Å²) in [6, 6.07) is 5.54. The monoisotopic (exact) mass is 256 g/mol. The molecule has 0 aliphatic carbocycles. The van der Waals surface area contributed by atoms with Crippen molar-refractivity contribution in [1.29, 1.82) is 0 Å². The molecule has 0 aliphatic rings. The lowest BCUT2D eigenvalue weighted by atomic mass is 10.1. The van der Waals surface area contributed by atoms with Crippen molar-refractivity contribution < 1.29 is 4.79 Å². The molecule has 1 aromatic carbocycles. The van der Waals surface area contributed by atoms with E-state index in [0.29, 0.717) is 18.0 Å². The van der Waals surface area contributed by atoms with Crippen molar-refractivity contribution in [3.05, 3.63) is 23.8 Å². The van der Waals surface area contributed by atoms with E-state index >= 15 is 0 Å². The molecule has 1 aromatic rings. The second-order valence-corrected chi connectivity index (χ2v) is 4.56. The van der Waals surface area contributed by atoms with E-state index < -0.39 is 0 Å². The maximum Gasteiger partial charge on any atom is 0.224 e. The smallest absolute Gasteiger partial charge is 0.224 e. The zero-order valence-electron chi connectivity index (χ0n) is 10.6. The van der Waals surface area contributed by atoms with Gasteiger partial charge >= 0.3 is 0 Å². The largest absolute Gasteiger partial charge is 0.399 e. The average molecular weight is 257 g/mol. The van der Waals surface area contributed by atoms with Crippen LogP contribution in [0, 0.1) is 12.8 Å². The van der Waals surface area contributed by atoms with Gasteiger partial charge in [0.1, 0.15) is 0 Å². The maximum atomic E-state index is 11.6.